The molecule has 0 aliphatic carbocycles. The van der Waals surface area contributed by atoms with Gasteiger partial charge in [-0.05, 0) is 18.1 Å². The highest BCUT2D eigenvalue weighted by Crippen LogP contribution is 2.04. The normalized spacial score (nSPS) is 11.8. The van der Waals surface area contributed by atoms with E-state index in [9.17, 15) is 9.59 Å². The highest BCUT2D eigenvalue weighted by Gasteiger charge is 2.22. The number of H-pyrrole nitrogens is 1. The summed E-state index contributed by atoms with van der Waals surface area (Å²) in [5.41, 5.74) is 5.99. The minimum absolute atomic E-state index is 0.108. The standard InChI is InChI=1S/C22H23N5O3/c1-16-7-9-17(10-8-16)12-25-27-21(28)20(11-19-13-23-15-24-19)26-22(29)30-14-18-5-3-2-4-6-18/h2-10,12-13,15,20H,11,14H2,1H3,(H,23,24)(H,26,29)(H,27,28)/b25-12-/t20-/m0/s1. The number of ether oxygens (including phenoxy) is 1. The third kappa shape index (κ3) is 6.59. The average molecular weight is 405 g/mol. The molecule has 0 aliphatic rings. The van der Waals surface area contributed by atoms with E-state index in [0.29, 0.717) is 5.69 Å². The Balaban J connectivity index is 1.58. The molecule has 0 unspecified atom stereocenters. The molecule has 8 heteroatoms. The predicted molar refractivity (Wildman–Crippen MR) is 113 cm³/mol. The second-order valence-electron chi connectivity index (χ2n) is 6.68. The smallest absolute Gasteiger partial charge is 0.408 e. The molecule has 1 heterocycles. The molecule has 0 saturated heterocycles. The second-order valence-corrected chi connectivity index (χ2v) is 6.68. The van der Waals surface area contributed by atoms with Gasteiger partial charge in [-0.1, -0.05) is 60.2 Å². The van der Waals surface area contributed by atoms with Gasteiger partial charge in [-0.15, -0.1) is 0 Å². The number of imidazole rings is 1. The quantitative estimate of drug-likeness (QED) is 0.395. The van der Waals surface area contributed by atoms with Crippen LogP contribution in [-0.2, 0) is 22.6 Å². The SMILES string of the molecule is Cc1ccc(/C=N\NC(=O)[C@H](Cc2cnc[nH]2)NC(=O)OCc2ccccc2)cc1. The summed E-state index contributed by atoms with van der Waals surface area (Å²) in [5.74, 6) is -0.468. The molecule has 2 aromatic carbocycles. The van der Waals surface area contributed by atoms with Crippen molar-refractivity contribution in [1.82, 2.24) is 20.7 Å². The molecule has 0 bridgehead atoms. The molecule has 154 valence electrons. The largest absolute Gasteiger partial charge is 0.445 e. The van der Waals surface area contributed by atoms with Gasteiger partial charge in [-0.2, -0.15) is 5.10 Å². The van der Waals surface area contributed by atoms with E-state index in [4.69, 9.17) is 4.74 Å². The average Bonchev–Trinajstić information content (AvgIpc) is 3.27. The van der Waals surface area contributed by atoms with Crippen LogP contribution in [0.5, 0.6) is 0 Å². The maximum atomic E-state index is 12.6. The molecular formula is C22H23N5O3. The van der Waals surface area contributed by atoms with Gasteiger partial charge in [-0.3, -0.25) is 4.79 Å². The van der Waals surface area contributed by atoms with Gasteiger partial charge in [0.15, 0.2) is 0 Å². The number of hydrogen-bond acceptors (Lipinski definition) is 5. The number of benzene rings is 2. The van der Waals surface area contributed by atoms with Crippen molar-refractivity contribution in [2.45, 2.75) is 26.0 Å². The van der Waals surface area contributed by atoms with Crippen LogP contribution < -0.4 is 10.7 Å². The van der Waals surface area contributed by atoms with Crippen LogP contribution in [0.25, 0.3) is 0 Å². The Morgan fingerprint density at radius 2 is 1.93 bits per heavy atom. The first-order chi connectivity index (χ1) is 14.6. The van der Waals surface area contributed by atoms with E-state index in [0.717, 1.165) is 16.7 Å². The number of alkyl carbamates (subject to hydrolysis) is 1. The fourth-order valence-electron chi connectivity index (χ4n) is 2.63. The number of nitrogens with zero attached hydrogens (tertiary/aromatic N) is 2. The number of rotatable bonds is 8. The highest BCUT2D eigenvalue weighted by molar-refractivity contribution is 5.87. The van der Waals surface area contributed by atoms with Crippen LogP contribution >= 0.6 is 0 Å². The molecule has 0 radical (unpaired) electrons. The molecule has 0 saturated carbocycles. The van der Waals surface area contributed by atoms with Crippen LogP contribution in [0.3, 0.4) is 0 Å². The lowest BCUT2D eigenvalue weighted by atomic mass is 10.1. The Bertz CT molecular complexity index is 970. The first-order valence-electron chi connectivity index (χ1n) is 9.44. The second kappa shape index (κ2) is 10.6. The van der Waals surface area contributed by atoms with Gasteiger partial charge in [0.1, 0.15) is 12.6 Å². The molecule has 0 aliphatic heterocycles. The molecule has 1 aromatic heterocycles. The Labute approximate surface area is 174 Å². The van der Waals surface area contributed by atoms with E-state index < -0.39 is 18.0 Å². The van der Waals surface area contributed by atoms with Crippen LogP contribution in [0, 0.1) is 6.92 Å². The van der Waals surface area contributed by atoms with E-state index >= 15 is 0 Å². The highest BCUT2D eigenvalue weighted by atomic mass is 16.5. The summed E-state index contributed by atoms with van der Waals surface area (Å²) < 4.78 is 5.22. The van der Waals surface area contributed by atoms with Gasteiger partial charge in [0.05, 0.1) is 12.5 Å². The third-order valence-electron chi connectivity index (χ3n) is 4.27. The van der Waals surface area contributed by atoms with Crippen molar-refractivity contribution in [3.05, 3.63) is 89.5 Å². The minimum Gasteiger partial charge on any atom is -0.445 e. The fourth-order valence-corrected chi connectivity index (χ4v) is 2.63. The summed E-state index contributed by atoms with van der Waals surface area (Å²) in [4.78, 5) is 31.7. The molecule has 0 fully saturated rings. The Morgan fingerprint density at radius 1 is 1.17 bits per heavy atom. The molecule has 3 rings (SSSR count). The fraction of sp³-hybridized carbons (Fsp3) is 0.182. The van der Waals surface area contributed by atoms with Crippen molar-refractivity contribution >= 4 is 18.2 Å². The first-order valence-corrected chi connectivity index (χ1v) is 9.44. The summed E-state index contributed by atoms with van der Waals surface area (Å²) in [5, 5.41) is 6.57. The zero-order valence-electron chi connectivity index (χ0n) is 16.5. The van der Waals surface area contributed by atoms with E-state index in [1.165, 1.54) is 6.33 Å². The zero-order chi connectivity index (χ0) is 21.2. The molecule has 3 aromatic rings. The monoisotopic (exact) mass is 405 g/mol. The molecule has 2 amide bonds. The van der Waals surface area contributed by atoms with Crippen molar-refractivity contribution in [3.63, 3.8) is 0 Å². The minimum atomic E-state index is -0.885. The lowest BCUT2D eigenvalue weighted by Crippen LogP contribution is -2.47. The molecule has 1 atom stereocenters. The zero-order valence-corrected chi connectivity index (χ0v) is 16.5. The van der Waals surface area contributed by atoms with Gasteiger partial charge < -0.3 is 15.0 Å². The number of carbonyl (C=O) groups excluding carboxylic acids is 2. The summed E-state index contributed by atoms with van der Waals surface area (Å²) in [7, 11) is 0. The van der Waals surface area contributed by atoms with Crippen LogP contribution in [0.4, 0.5) is 4.79 Å². The maximum Gasteiger partial charge on any atom is 0.408 e. The molecule has 0 spiro atoms. The number of carbonyl (C=O) groups is 2. The summed E-state index contributed by atoms with van der Waals surface area (Å²) >= 11 is 0. The van der Waals surface area contributed by atoms with E-state index in [1.54, 1.807) is 12.4 Å². The van der Waals surface area contributed by atoms with Gasteiger partial charge in [0.25, 0.3) is 5.91 Å². The van der Waals surface area contributed by atoms with Crippen LogP contribution in [0.1, 0.15) is 22.4 Å². The summed E-state index contributed by atoms with van der Waals surface area (Å²) in [6, 6.07) is 16.1. The van der Waals surface area contributed by atoms with Gasteiger partial charge in [0, 0.05) is 18.3 Å². The number of hydrazone groups is 1. The number of aromatic nitrogens is 2. The summed E-state index contributed by atoms with van der Waals surface area (Å²) in [6.07, 6.45) is 4.16. The Morgan fingerprint density at radius 3 is 2.63 bits per heavy atom. The number of hydrogen-bond donors (Lipinski definition) is 3. The van der Waals surface area contributed by atoms with E-state index in [-0.39, 0.29) is 13.0 Å². The molecule has 3 N–H and O–H groups in total. The molecule has 8 nitrogen and oxygen atoms in total. The number of nitrogens with one attached hydrogen (secondary N) is 3. The van der Waals surface area contributed by atoms with Crippen LogP contribution in [0.15, 0.2) is 72.2 Å². The van der Waals surface area contributed by atoms with Gasteiger partial charge in [0.2, 0.25) is 0 Å². The third-order valence-corrected chi connectivity index (χ3v) is 4.27. The molecule has 30 heavy (non-hydrogen) atoms. The van der Waals surface area contributed by atoms with Crippen molar-refractivity contribution in [1.29, 1.82) is 0 Å². The number of aromatic amines is 1. The topological polar surface area (TPSA) is 108 Å². The predicted octanol–water partition coefficient (Wildman–Crippen LogP) is 2.71. The number of aryl methyl sites for hydroxylation is 1. The van der Waals surface area contributed by atoms with Crippen LogP contribution in [0.2, 0.25) is 0 Å². The summed E-state index contributed by atoms with van der Waals surface area (Å²) in [6.45, 7) is 2.10. The van der Waals surface area contributed by atoms with E-state index in [2.05, 4.69) is 25.8 Å². The lowest BCUT2D eigenvalue weighted by molar-refractivity contribution is -0.123. The van der Waals surface area contributed by atoms with Crippen LogP contribution in [-0.4, -0.2) is 34.2 Å². The van der Waals surface area contributed by atoms with Gasteiger partial charge in [-0.25, -0.2) is 15.2 Å². The van der Waals surface area contributed by atoms with Crippen molar-refractivity contribution in [2.75, 3.05) is 0 Å². The molecular weight excluding hydrogens is 382 g/mol. The lowest BCUT2D eigenvalue weighted by Gasteiger charge is -2.16. The maximum absolute atomic E-state index is 12.6. The Kier molecular flexibility index (Phi) is 7.32. The van der Waals surface area contributed by atoms with Crippen molar-refractivity contribution in [2.24, 2.45) is 5.10 Å². The van der Waals surface area contributed by atoms with Gasteiger partial charge >= 0.3 is 6.09 Å². The van der Waals surface area contributed by atoms with Crippen molar-refractivity contribution < 1.29 is 14.3 Å². The van der Waals surface area contributed by atoms with E-state index in [1.807, 2.05) is 61.5 Å². The van der Waals surface area contributed by atoms with Crippen molar-refractivity contribution in [3.8, 4) is 0 Å². The Hall–Kier alpha value is -3.94. The number of amides is 2. The first kappa shape index (κ1) is 20.8.